The van der Waals surface area contributed by atoms with Gasteiger partial charge in [-0.2, -0.15) is 4.98 Å². The third-order valence-electron chi connectivity index (χ3n) is 3.79. The lowest BCUT2D eigenvalue weighted by molar-refractivity contribution is 0.386. The number of ether oxygens (including phenoxy) is 1. The zero-order valence-corrected chi connectivity index (χ0v) is 12.2. The second-order valence-electron chi connectivity index (χ2n) is 5.18. The molecule has 0 unspecified atom stereocenters. The molecule has 1 N–H and O–H groups in total. The minimum atomic E-state index is 0.694. The summed E-state index contributed by atoms with van der Waals surface area (Å²) >= 11 is 0. The van der Waals surface area contributed by atoms with E-state index in [2.05, 4.69) is 42.3 Å². The monoisotopic (exact) mass is 269 g/mol. The van der Waals surface area contributed by atoms with Gasteiger partial charge in [-0.05, 0) is 25.0 Å². The lowest BCUT2D eigenvalue weighted by atomic mass is 10.0. The van der Waals surface area contributed by atoms with Crippen LogP contribution in [-0.2, 0) is 13.0 Å². The van der Waals surface area contributed by atoms with E-state index < -0.39 is 0 Å². The molecule has 4 heteroatoms. The number of nitrogens with zero attached hydrogens (tertiary/aromatic N) is 2. The number of fused-ring (bicyclic) bond motifs is 1. The Morgan fingerprint density at radius 2 is 1.90 bits per heavy atom. The molecule has 1 aliphatic heterocycles. The van der Waals surface area contributed by atoms with Crippen LogP contribution in [0.1, 0.15) is 22.4 Å². The molecular formula is C16H19N3O. The molecule has 2 aromatic rings. The van der Waals surface area contributed by atoms with E-state index in [1.54, 1.807) is 7.11 Å². The summed E-state index contributed by atoms with van der Waals surface area (Å²) in [6.07, 6.45) is 0.923. The normalized spacial score (nSPS) is 13.9. The van der Waals surface area contributed by atoms with Crippen molar-refractivity contribution in [2.75, 3.05) is 13.7 Å². The molecule has 0 fully saturated rings. The van der Waals surface area contributed by atoms with Gasteiger partial charge in [0.1, 0.15) is 0 Å². The fourth-order valence-electron chi connectivity index (χ4n) is 2.76. The molecule has 4 nitrogen and oxygen atoms in total. The summed E-state index contributed by atoms with van der Waals surface area (Å²) in [7, 11) is 1.67. The summed E-state index contributed by atoms with van der Waals surface area (Å²) in [5, 5.41) is 3.34. The first-order chi connectivity index (χ1) is 9.70. The fraction of sp³-hybridized carbons (Fsp3) is 0.375. The standard InChI is InChI=1S/C16H19N3O/c1-10-5-4-6-11(2)14(10)15-18-13-7-8-17-9-12(13)16(19-15)20-3/h4-6,17H,7-9H2,1-3H3. The van der Waals surface area contributed by atoms with Gasteiger partial charge in [-0.25, -0.2) is 4.98 Å². The molecular weight excluding hydrogens is 250 g/mol. The highest BCUT2D eigenvalue weighted by molar-refractivity contribution is 5.65. The number of benzene rings is 1. The van der Waals surface area contributed by atoms with E-state index in [1.165, 1.54) is 11.1 Å². The van der Waals surface area contributed by atoms with Crippen molar-refractivity contribution in [1.29, 1.82) is 0 Å². The molecule has 0 atom stereocenters. The minimum absolute atomic E-state index is 0.694. The average Bonchev–Trinajstić information content (AvgIpc) is 2.46. The van der Waals surface area contributed by atoms with E-state index in [1.807, 2.05) is 0 Å². The minimum Gasteiger partial charge on any atom is -0.481 e. The number of aromatic nitrogens is 2. The number of hydrogen-bond acceptors (Lipinski definition) is 4. The zero-order valence-electron chi connectivity index (χ0n) is 12.2. The maximum absolute atomic E-state index is 5.46. The third kappa shape index (κ3) is 2.16. The van der Waals surface area contributed by atoms with E-state index in [-0.39, 0.29) is 0 Å². The average molecular weight is 269 g/mol. The van der Waals surface area contributed by atoms with Gasteiger partial charge < -0.3 is 10.1 Å². The van der Waals surface area contributed by atoms with Crippen LogP contribution in [0.2, 0.25) is 0 Å². The van der Waals surface area contributed by atoms with Crippen molar-refractivity contribution in [3.63, 3.8) is 0 Å². The van der Waals surface area contributed by atoms with E-state index in [0.717, 1.165) is 42.2 Å². The Hall–Kier alpha value is -1.94. The van der Waals surface area contributed by atoms with Gasteiger partial charge in [-0.3, -0.25) is 0 Å². The van der Waals surface area contributed by atoms with Crippen LogP contribution in [-0.4, -0.2) is 23.6 Å². The van der Waals surface area contributed by atoms with Gasteiger partial charge in [0, 0.05) is 30.6 Å². The second kappa shape index (κ2) is 5.21. The van der Waals surface area contributed by atoms with Crippen LogP contribution >= 0.6 is 0 Å². The maximum atomic E-state index is 5.46. The summed E-state index contributed by atoms with van der Waals surface area (Å²) in [5.74, 6) is 1.47. The van der Waals surface area contributed by atoms with Crippen LogP contribution in [0.15, 0.2) is 18.2 Å². The first-order valence-electron chi connectivity index (χ1n) is 6.92. The first-order valence-corrected chi connectivity index (χ1v) is 6.92. The molecule has 104 valence electrons. The van der Waals surface area contributed by atoms with Gasteiger partial charge in [0.25, 0.3) is 0 Å². The van der Waals surface area contributed by atoms with Crippen molar-refractivity contribution in [2.45, 2.75) is 26.8 Å². The number of aryl methyl sites for hydroxylation is 2. The Morgan fingerprint density at radius 3 is 2.60 bits per heavy atom. The second-order valence-corrected chi connectivity index (χ2v) is 5.18. The van der Waals surface area contributed by atoms with E-state index in [4.69, 9.17) is 9.72 Å². The number of methoxy groups -OCH3 is 1. The summed E-state index contributed by atoms with van der Waals surface area (Å²) in [5.41, 5.74) is 5.70. The predicted molar refractivity (Wildman–Crippen MR) is 78.9 cm³/mol. The molecule has 0 aliphatic carbocycles. The molecule has 0 saturated heterocycles. The van der Waals surface area contributed by atoms with Gasteiger partial charge in [0.15, 0.2) is 5.82 Å². The lowest BCUT2D eigenvalue weighted by Crippen LogP contribution is -2.26. The van der Waals surface area contributed by atoms with Crippen LogP contribution in [0.5, 0.6) is 5.88 Å². The molecule has 1 aromatic heterocycles. The molecule has 0 spiro atoms. The molecule has 1 aliphatic rings. The number of hydrogen-bond donors (Lipinski definition) is 1. The smallest absolute Gasteiger partial charge is 0.221 e. The van der Waals surface area contributed by atoms with Gasteiger partial charge >= 0.3 is 0 Å². The fourth-order valence-corrected chi connectivity index (χ4v) is 2.76. The topological polar surface area (TPSA) is 47.0 Å². The Bertz CT molecular complexity index is 615. The largest absolute Gasteiger partial charge is 0.481 e. The molecule has 3 rings (SSSR count). The van der Waals surface area contributed by atoms with E-state index >= 15 is 0 Å². The van der Waals surface area contributed by atoms with E-state index in [9.17, 15) is 0 Å². The Balaban J connectivity index is 2.20. The van der Waals surface area contributed by atoms with Crippen molar-refractivity contribution < 1.29 is 4.74 Å². The highest BCUT2D eigenvalue weighted by Crippen LogP contribution is 2.29. The van der Waals surface area contributed by atoms with Crippen LogP contribution in [0.3, 0.4) is 0 Å². The molecule has 0 saturated carbocycles. The SMILES string of the molecule is COc1nc(-c2c(C)cccc2C)nc2c1CNCC2. The molecule has 1 aromatic carbocycles. The molecule has 0 amide bonds. The van der Waals surface area contributed by atoms with Crippen LogP contribution in [0.4, 0.5) is 0 Å². The predicted octanol–water partition coefficient (Wildman–Crippen LogP) is 2.41. The highest BCUT2D eigenvalue weighted by atomic mass is 16.5. The first kappa shape index (κ1) is 13.1. The van der Waals surface area contributed by atoms with Gasteiger partial charge in [-0.1, -0.05) is 18.2 Å². The molecule has 0 bridgehead atoms. The van der Waals surface area contributed by atoms with Crippen molar-refractivity contribution in [3.8, 4) is 17.3 Å². The summed E-state index contributed by atoms with van der Waals surface area (Å²) < 4.78 is 5.46. The maximum Gasteiger partial charge on any atom is 0.221 e. The molecule has 0 radical (unpaired) electrons. The molecule has 20 heavy (non-hydrogen) atoms. The summed E-state index contributed by atoms with van der Waals surface area (Å²) in [6, 6.07) is 6.26. The number of nitrogens with one attached hydrogen (secondary N) is 1. The highest BCUT2D eigenvalue weighted by Gasteiger charge is 2.20. The Kier molecular flexibility index (Phi) is 3.40. The zero-order chi connectivity index (χ0) is 14.1. The lowest BCUT2D eigenvalue weighted by Gasteiger charge is -2.20. The summed E-state index contributed by atoms with van der Waals surface area (Å²) in [6.45, 7) is 5.93. The van der Waals surface area contributed by atoms with Gasteiger partial charge in [-0.15, -0.1) is 0 Å². The van der Waals surface area contributed by atoms with Crippen LogP contribution in [0.25, 0.3) is 11.4 Å². The Labute approximate surface area is 119 Å². The van der Waals surface area contributed by atoms with Crippen molar-refractivity contribution in [1.82, 2.24) is 15.3 Å². The van der Waals surface area contributed by atoms with Crippen molar-refractivity contribution >= 4 is 0 Å². The summed E-state index contributed by atoms with van der Waals surface area (Å²) in [4.78, 5) is 9.41. The van der Waals surface area contributed by atoms with Crippen molar-refractivity contribution in [2.24, 2.45) is 0 Å². The number of rotatable bonds is 2. The van der Waals surface area contributed by atoms with Crippen LogP contribution < -0.4 is 10.1 Å². The van der Waals surface area contributed by atoms with E-state index in [0.29, 0.717) is 5.88 Å². The third-order valence-corrected chi connectivity index (χ3v) is 3.79. The quantitative estimate of drug-likeness (QED) is 0.909. The van der Waals surface area contributed by atoms with Crippen LogP contribution in [0, 0.1) is 13.8 Å². The van der Waals surface area contributed by atoms with Gasteiger partial charge in [0.2, 0.25) is 5.88 Å². The Morgan fingerprint density at radius 1 is 1.15 bits per heavy atom. The van der Waals surface area contributed by atoms with Crippen molar-refractivity contribution in [3.05, 3.63) is 40.6 Å². The molecule has 2 heterocycles. The van der Waals surface area contributed by atoms with Gasteiger partial charge in [0.05, 0.1) is 12.8 Å².